The second-order valence-corrected chi connectivity index (χ2v) is 14.5. The Hall–Kier alpha value is -3.72. The molecule has 5 fully saturated rings. The molecule has 8 nitrogen and oxygen atoms in total. The molecule has 4 unspecified atom stereocenters. The van der Waals surface area contributed by atoms with Gasteiger partial charge >= 0.3 is 6.03 Å². The summed E-state index contributed by atoms with van der Waals surface area (Å²) < 4.78 is 15.5. The van der Waals surface area contributed by atoms with E-state index in [1.165, 1.54) is 19.3 Å². The number of para-hydroxylation sites is 2. The van der Waals surface area contributed by atoms with Crippen LogP contribution in [0.3, 0.4) is 0 Å². The molecule has 1 saturated heterocycles. The highest BCUT2D eigenvalue weighted by molar-refractivity contribution is 5.75. The lowest BCUT2D eigenvalue weighted by Crippen LogP contribution is -2.61. The van der Waals surface area contributed by atoms with Gasteiger partial charge < -0.3 is 29.8 Å². The first-order valence-corrected chi connectivity index (χ1v) is 17.0. The SMILES string of the molecule is CC1C(Cn2cnc3ccccc32)OC(c2ccc(CNC(=O)NC34CC5CC(CC(C5)C3)C4)cc2)OC1c1ccc(CO)cc1. The lowest BCUT2D eigenvalue weighted by atomic mass is 9.53. The van der Waals surface area contributed by atoms with Gasteiger partial charge in [0.05, 0.1) is 42.7 Å². The Balaban J connectivity index is 0.961. The first kappa shape index (κ1) is 29.7. The summed E-state index contributed by atoms with van der Waals surface area (Å²) in [5.74, 6) is 2.45. The Morgan fingerprint density at radius 1 is 0.891 bits per heavy atom. The number of amides is 2. The molecule has 1 aromatic heterocycles. The fraction of sp³-hybridized carbons (Fsp3) is 0.474. The Labute approximate surface area is 270 Å². The number of hydrogen-bond donors (Lipinski definition) is 3. The van der Waals surface area contributed by atoms with E-state index in [2.05, 4.69) is 45.3 Å². The largest absolute Gasteiger partial charge is 0.392 e. The molecule has 9 rings (SSSR count). The molecule has 4 aliphatic carbocycles. The van der Waals surface area contributed by atoms with Gasteiger partial charge in [-0.1, -0.05) is 67.6 Å². The number of fused-ring (bicyclic) bond motifs is 1. The second kappa shape index (κ2) is 12.1. The van der Waals surface area contributed by atoms with Gasteiger partial charge in [-0.3, -0.25) is 0 Å². The minimum Gasteiger partial charge on any atom is -0.392 e. The molecule has 0 spiro atoms. The number of urea groups is 1. The van der Waals surface area contributed by atoms with E-state index in [0.29, 0.717) is 13.1 Å². The van der Waals surface area contributed by atoms with Crippen molar-refractivity contribution >= 4 is 17.1 Å². The maximum atomic E-state index is 13.0. The van der Waals surface area contributed by atoms with E-state index < -0.39 is 6.29 Å². The highest BCUT2D eigenvalue weighted by Gasteiger charge is 2.51. The van der Waals surface area contributed by atoms with Gasteiger partial charge in [0, 0.05) is 23.6 Å². The molecule has 3 aromatic carbocycles. The van der Waals surface area contributed by atoms with Crippen molar-refractivity contribution < 1.29 is 19.4 Å². The van der Waals surface area contributed by atoms with Gasteiger partial charge in [0.1, 0.15) is 0 Å². The van der Waals surface area contributed by atoms with Crippen molar-refractivity contribution in [2.24, 2.45) is 23.7 Å². The molecule has 8 heteroatoms. The van der Waals surface area contributed by atoms with Crippen LogP contribution in [0.2, 0.25) is 0 Å². The molecule has 2 heterocycles. The summed E-state index contributed by atoms with van der Waals surface area (Å²) in [6.07, 6.45) is 8.52. The average molecular weight is 621 g/mol. The Kier molecular flexibility index (Phi) is 7.83. The van der Waals surface area contributed by atoms with E-state index >= 15 is 0 Å². The van der Waals surface area contributed by atoms with Crippen LogP contribution in [0, 0.1) is 23.7 Å². The minimum absolute atomic E-state index is 0.00395. The zero-order chi connectivity index (χ0) is 31.3. The lowest BCUT2D eigenvalue weighted by molar-refractivity contribution is -0.276. The third kappa shape index (κ3) is 5.83. The summed E-state index contributed by atoms with van der Waals surface area (Å²) in [5.41, 5.74) is 5.95. The van der Waals surface area contributed by atoms with Crippen LogP contribution in [0.15, 0.2) is 79.1 Å². The molecular weight excluding hydrogens is 576 g/mol. The number of aliphatic hydroxyl groups is 1. The standard InChI is InChI=1S/C38H44N4O4/c1-24-34(21-42-23-40-32-4-2-3-5-33(32)42)45-36(46-35(24)30-10-8-26(22-43)9-11-30)31-12-6-25(7-13-31)20-39-37(44)41-38-17-27-14-28(18-38)16-29(15-27)19-38/h2-13,23-24,27-29,34-36,43H,14-22H2,1H3,(H2,39,41,44). The molecule has 240 valence electrons. The number of hydrogen-bond acceptors (Lipinski definition) is 5. The third-order valence-electron chi connectivity index (χ3n) is 11.1. The van der Waals surface area contributed by atoms with Crippen LogP contribution >= 0.6 is 0 Å². The number of ether oxygens (including phenoxy) is 2. The molecule has 2 amide bonds. The van der Waals surface area contributed by atoms with Crippen molar-refractivity contribution in [2.75, 3.05) is 0 Å². The van der Waals surface area contributed by atoms with Crippen LogP contribution in [-0.2, 0) is 29.2 Å². The van der Waals surface area contributed by atoms with Gasteiger partial charge in [0.2, 0.25) is 0 Å². The Morgan fingerprint density at radius 3 is 2.24 bits per heavy atom. The average Bonchev–Trinajstić information content (AvgIpc) is 3.47. The van der Waals surface area contributed by atoms with Crippen LogP contribution in [0.25, 0.3) is 11.0 Å². The monoisotopic (exact) mass is 620 g/mol. The van der Waals surface area contributed by atoms with Crippen LogP contribution in [0.5, 0.6) is 0 Å². The van der Waals surface area contributed by atoms with Gasteiger partial charge in [-0.05, 0) is 85.1 Å². The molecular formula is C38H44N4O4. The third-order valence-corrected chi connectivity index (χ3v) is 11.1. The number of rotatable bonds is 8. The highest BCUT2D eigenvalue weighted by Crippen LogP contribution is 2.55. The maximum absolute atomic E-state index is 13.0. The first-order chi connectivity index (χ1) is 22.4. The summed E-state index contributed by atoms with van der Waals surface area (Å²) in [5, 5.41) is 16.1. The van der Waals surface area contributed by atoms with Crippen molar-refractivity contribution in [3.05, 3.63) is 101 Å². The normalized spacial score (nSPS) is 31.7. The zero-order valence-corrected chi connectivity index (χ0v) is 26.5. The minimum atomic E-state index is -0.556. The number of nitrogens with one attached hydrogen (secondary N) is 2. The molecule has 4 atom stereocenters. The van der Waals surface area contributed by atoms with Crippen molar-refractivity contribution in [2.45, 2.75) is 89.2 Å². The van der Waals surface area contributed by atoms with Gasteiger partial charge in [0.25, 0.3) is 0 Å². The zero-order valence-electron chi connectivity index (χ0n) is 26.5. The molecule has 4 aromatic rings. The van der Waals surface area contributed by atoms with E-state index in [9.17, 15) is 9.90 Å². The number of carbonyl (C=O) groups excluding carboxylic acids is 1. The van der Waals surface area contributed by atoms with E-state index in [1.807, 2.05) is 60.9 Å². The van der Waals surface area contributed by atoms with Crippen molar-refractivity contribution in [1.82, 2.24) is 20.2 Å². The summed E-state index contributed by atoms with van der Waals surface area (Å²) in [6.45, 7) is 3.30. The van der Waals surface area contributed by atoms with Gasteiger partial charge in [-0.15, -0.1) is 0 Å². The van der Waals surface area contributed by atoms with E-state index in [4.69, 9.17) is 9.47 Å². The smallest absolute Gasteiger partial charge is 0.315 e. The number of aromatic nitrogens is 2. The Morgan fingerprint density at radius 2 is 1.54 bits per heavy atom. The maximum Gasteiger partial charge on any atom is 0.315 e. The van der Waals surface area contributed by atoms with Crippen molar-refractivity contribution in [3.63, 3.8) is 0 Å². The number of benzene rings is 3. The predicted octanol–water partition coefficient (Wildman–Crippen LogP) is 6.79. The number of carbonyl (C=O) groups is 1. The van der Waals surface area contributed by atoms with Gasteiger partial charge in [-0.25, -0.2) is 9.78 Å². The lowest BCUT2D eigenvalue weighted by Gasteiger charge is -2.56. The molecule has 46 heavy (non-hydrogen) atoms. The summed E-state index contributed by atoms with van der Waals surface area (Å²) in [7, 11) is 0. The molecule has 4 saturated carbocycles. The molecule has 4 bridgehead atoms. The first-order valence-electron chi connectivity index (χ1n) is 17.0. The molecule has 1 aliphatic heterocycles. The highest BCUT2D eigenvalue weighted by atomic mass is 16.7. The van der Waals surface area contributed by atoms with Gasteiger partial charge in [-0.2, -0.15) is 0 Å². The fourth-order valence-corrected chi connectivity index (χ4v) is 9.20. The summed E-state index contributed by atoms with van der Waals surface area (Å²) in [4.78, 5) is 17.6. The fourth-order valence-electron chi connectivity index (χ4n) is 9.20. The van der Waals surface area contributed by atoms with Gasteiger partial charge in [0.15, 0.2) is 6.29 Å². The summed E-state index contributed by atoms with van der Waals surface area (Å²) in [6, 6.07) is 24.3. The van der Waals surface area contributed by atoms with E-state index in [-0.39, 0.29) is 36.3 Å². The van der Waals surface area contributed by atoms with Crippen LogP contribution in [-0.4, -0.2) is 32.3 Å². The predicted molar refractivity (Wildman–Crippen MR) is 175 cm³/mol. The van der Waals surface area contributed by atoms with Crippen LogP contribution in [0.4, 0.5) is 4.79 Å². The van der Waals surface area contributed by atoms with Crippen molar-refractivity contribution in [1.29, 1.82) is 0 Å². The Bertz CT molecular complexity index is 1650. The van der Waals surface area contributed by atoms with Crippen LogP contribution in [0.1, 0.15) is 80.1 Å². The second-order valence-electron chi connectivity index (χ2n) is 14.5. The number of imidazole rings is 1. The molecule has 3 N–H and O–H groups in total. The quantitative estimate of drug-likeness (QED) is 0.202. The van der Waals surface area contributed by atoms with E-state index in [0.717, 1.165) is 70.3 Å². The molecule has 0 radical (unpaired) electrons. The summed E-state index contributed by atoms with van der Waals surface area (Å²) >= 11 is 0. The van der Waals surface area contributed by atoms with Crippen LogP contribution < -0.4 is 10.6 Å². The number of aliphatic hydroxyl groups excluding tert-OH is 1. The number of nitrogens with zero attached hydrogens (tertiary/aromatic N) is 2. The topological polar surface area (TPSA) is 97.6 Å². The van der Waals surface area contributed by atoms with Crippen molar-refractivity contribution in [3.8, 4) is 0 Å². The molecule has 5 aliphatic rings. The van der Waals surface area contributed by atoms with E-state index in [1.54, 1.807) is 0 Å².